The van der Waals surface area contributed by atoms with Crippen molar-refractivity contribution in [2.75, 3.05) is 11.9 Å². The van der Waals surface area contributed by atoms with Gasteiger partial charge in [-0.25, -0.2) is 0 Å². The van der Waals surface area contributed by atoms with E-state index in [0.29, 0.717) is 5.92 Å². The number of anilines is 1. The van der Waals surface area contributed by atoms with E-state index in [9.17, 15) is 9.90 Å². The maximum atomic E-state index is 12.5. The number of carbonyl (C=O) groups is 1. The molecule has 3 N–H and O–H groups in total. The molecule has 0 unspecified atom stereocenters. The highest BCUT2D eigenvalue weighted by Gasteiger charge is 2.54. The van der Waals surface area contributed by atoms with E-state index in [-0.39, 0.29) is 17.7 Å². The van der Waals surface area contributed by atoms with Gasteiger partial charge in [-0.2, -0.15) is 0 Å². The molecule has 2 atom stereocenters. The fourth-order valence-corrected chi connectivity index (χ4v) is 3.52. The maximum absolute atomic E-state index is 12.5. The second kappa shape index (κ2) is 4.23. The van der Waals surface area contributed by atoms with E-state index in [1.807, 2.05) is 6.07 Å². The standard InChI is InChI=1S/C15H20N2O2/c1-9(2)7-13-15(5-6-16-13)11-4-3-10(18)8-12(11)17-14(15)19/h3-4,8-9,13,16,18H,5-7H2,1-2H3,(H,17,19)/t13-,15+/m0/s1. The quantitative estimate of drug-likeness (QED) is 0.762. The van der Waals surface area contributed by atoms with Gasteiger partial charge in [-0.05, 0) is 36.9 Å². The number of fused-ring (bicyclic) bond motifs is 2. The third kappa shape index (κ3) is 1.74. The monoisotopic (exact) mass is 260 g/mol. The Morgan fingerprint density at radius 1 is 1.47 bits per heavy atom. The summed E-state index contributed by atoms with van der Waals surface area (Å²) in [6.45, 7) is 5.22. The Hall–Kier alpha value is -1.55. The molecular formula is C15H20N2O2. The lowest BCUT2D eigenvalue weighted by Crippen LogP contribution is -2.46. The second-order valence-corrected chi connectivity index (χ2v) is 6.04. The number of benzene rings is 1. The van der Waals surface area contributed by atoms with E-state index >= 15 is 0 Å². The fraction of sp³-hybridized carbons (Fsp3) is 0.533. The number of hydrogen-bond donors (Lipinski definition) is 3. The second-order valence-electron chi connectivity index (χ2n) is 6.04. The van der Waals surface area contributed by atoms with Gasteiger partial charge in [-0.1, -0.05) is 19.9 Å². The number of carbonyl (C=O) groups excluding carboxylic acids is 1. The van der Waals surface area contributed by atoms with Crippen molar-refractivity contribution >= 4 is 11.6 Å². The van der Waals surface area contributed by atoms with Crippen LogP contribution in [0.15, 0.2) is 18.2 Å². The molecular weight excluding hydrogens is 240 g/mol. The Labute approximate surface area is 113 Å². The first kappa shape index (κ1) is 12.5. The number of nitrogens with one attached hydrogen (secondary N) is 2. The predicted octanol–water partition coefficient (Wildman–Crippen LogP) is 1.99. The third-order valence-corrected chi connectivity index (χ3v) is 4.35. The van der Waals surface area contributed by atoms with Gasteiger partial charge in [0.15, 0.2) is 0 Å². The first-order valence-electron chi connectivity index (χ1n) is 6.92. The summed E-state index contributed by atoms with van der Waals surface area (Å²) in [7, 11) is 0. The predicted molar refractivity (Wildman–Crippen MR) is 74.3 cm³/mol. The van der Waals surface area contributed by atoms with Crippen molar-refractivity contribution in [3.63, 3.8) is 0 Å². The molecule has 4 nitrogen and oxygen atoms in total. The molecule has 3 rings (SSSR count). The zero-order valence-electron chi connectivity index (χ0n) is 11.4. The van der Waals surface area contributed by atoms with Crippen molar-refractivity contribution < 1.29 is 9.90 Å². The van der Waals surface area contributed by atoms with Gasteiger partial charge in [-0.3, -0.25) is 4.79 Å². The van der Waals surface area contributed by atoms with Gasteiger partial charge in [0.05, 0.1) is 5.41 Å². The van der Waals surface area contributed by atoms with Gasteiger partial charge < -0.3 is 15.7 Å². The molecule has 1 aromatic carbocycles. The van der Waals surface area contributed by atoms with Gasteiger partial charge in [0.1, 0.15) is 5.75 Å². The van der Waals surface area contributed by atoms with Gasteiger partial charge in [0.2, 0.25) is 5.91 Å². The minimum Gasteiger partial charge on any atom is -0.508 e. The molecule has 1 saturated heterocycles. The Balaban J connectivity index is 2.06. The largest absolute Gasteiger partial charge is 0.508 e. The molecule has 0 radical (unpaired) electrons. The SMILES string of the molecule is CC(C)C[C@@H]1NCC[C@]12C(=O)Nc1cc(O)ccc12. The van der Waals surface area contributed by atoms with Crippen molar-refractivity contribution in [2.24, 2.45) is 5.92 Å². The number of rotatable bonds is 2. The van der Waals surface area contributed by atoms with Crippen LogP contribution < -0.4 is 10.6 Å². The lowest BCUT2D eigenvalue weighted by atomic mass is 9.73. The van der Waals surface area contributed by atoms with Crippen LogP contribution in [0.2, 0.25) is 0 Å². The molecule has 1 spiro atoms. The van der Waals surface area contributed by atoms with Crippen molar-refractivity contribution in [1.82, 2.24) is 5.32 Å². The van der Waals surface area contributed by atoms with Crippen molar-refractivity contribution in [1.29, 1.82) is 0 Å². The molecule has 0 aromatic heterocycles. The first-order chi connectivity index (χ1) is 9.04. The molecule has 0 bridgehead atoms. The topological polar surface area (TPSA) is 61.4 Å². The zero-order valence-corrected chi connectivity index (χ0v) is 11.4. The highest BCUT2D eigenvalue weighted by atomic mass is 16.3. The molecule has 1 fully saturated rings. The summed E-state index contributed by atoms with van der Waals surface area (Å²) >= 11 is 0. The van der Waals surface area contributed by atoms with Crippen molar-refractivity contribution in [3.8, 4) is 5.75 Å². The van der Waals surface area contributed by atoms with Crippen molar-refractivity contribution in [3.05, 3.63) is 23.8 Å². The number of aromatic hydroxyl groups is 1. The highest BCUT2D eigenvalue weighted by Crippen LogP contribution is 2.47. The van der Waals surface area contributed by atoms with Crippen LogP contribution >= 0.6 is 0 Å². The molecule has 4 heteroatoms. The number of amides is 1. The van der Waals surface area contributed by atoms with E-state index in [1.54, 1.807) is 12.1 Å². The molecule has 0 saturated carbocycles. The van der Waals surface area contributed by atoms with Crippen LogP contribution in [0.25, 0.3) is 0 Å². The number of hydrogen-bond acceptors (Lipinski definition) is 3. The maximum Gasteiger partial charge on any atom is 0.236 e. The van der Waals surface area contributed by atoms with Gasteiger partial charge >= 0.3 is 0 Å². The van der Waals surface area contributed by atoms with Gasteiger partial charge in [0.25, 0.3) is 0 Å². The zero-order chi connectivity index (χ0) is 13.6. The van der Waals surface area contributed by atoms with Crippen LogP contribution in [0.1, 0.15) is 32.3 Å². The highest BCUT2D eigenvalue weighted by molar-refractivity contribution is 6.07. The minimum atomic E-state index is -0.451. The Bertz CT molecular complexity index is 527. The summed E-state index contributed by atoms with van der Waals surface area (Å²) < 4.78 is 0. The van der Waals surface area contributed by atoms with E-state index in [4.69, 9.17) is 0 Å². The van der Waals surface area contributed by atoms with E-state index in [0.717, 1.165) is 30.6 Å². The molecule has 0 aliphatic carbocycles. The average Bonchev–Trinajstić information content (AvgIpc) is 2.84. The molecule has 2 aliphatic heterocycles. The Kier molecular flexibility index (Phi) is 2.78. The smallest absolute Gasteiger partial charge is 0.236 e. The molecule has 2 heterocycles. The first-order valence-corrected chi connectivity index (χ1v) is 6.92. The molecule has 1 aromatic rings. The minimum absolute atomic E-state index is 0.0729. The molecule has 102 valence electrons. The molecule has 2 aliphatic rings. The number of phenolic OH excluding ortho intramolecular Hbond substituents is 1. The summed E-state index contributed by atoms with van der Waals surface area (Å²) in [5.41, 5.74) is 1.35. The normalized spacial score (nSPS) is 29.0. The van der Waals surface area contributed by atoms with Crippen LogP contribution in [0.5, 0.6) is 5.75 Å². The van der Waals surface area contributed by atoms with E-state index in [2.05, 4.69) is 24.5 Å². The van der Waals surface area contributed by atoms with Gasteiger partial charge in [0, 0.05) is 17.8 Å². The van der Waals surface area contributed by atoms with Crippen LogP contribution in [-0.4, -0.2) is 23.6 Å². The Morgan fingerprint density at radius 3 is 3.00 bits per heavy atom. The van der Waals surface area contributed by atoms with E-state index in [1.165, 1.54) is 0 Å². The summed E-state index contributed by atoms with van der Waals surface area (Å²) in [6, 6.07) is 5.39. The molecule has 1 amide bonds. The number of phenols is 1. The lowest BCUT2D eigenvalue weighted by Gasteiger charge is -2.30. The third-order valence-electron chi connectivity index (χ3n) is 4.35. The lowest BCUT2D eigenvalue weighted by molar-refractivity contribution is -0.121. The summed E-state index contributed by atoms with van der Waals surface area (Å²) in [5, 5.41) is 16.0. The van der Waals surface area contributed by atoms with Crippen molar-refractivity contribution in [2.45, 2.75) is 38.1 Å². The summed E-state index contributed by atoms with van der Waals surface area (Å²) in [6.07, 6.45) is 1.81. The summed E-state index contributed by atoms with van der Waals surface area (Å²) in [5.74, 6) is 0.813. The average molecular weight is 260 g/mol. The van der Waals surface area contributed by atoms with Crippen LogP contribution in [-0.2, 0) is 10.2 Å². The fourth-order valence-electron chi connectivity index (χ4n) is 3.52. The van der Waals surface area contributed by atoms with Gasteiger partial charge in [-0.15, -0.1) is 0 Å². The Morgan fingerprint density at radius 2 is 2.26 bits per heavy atom. The molecule has 19 heavy (non-hydrogen) atoms. The van der Waals surface area contributed by atoms with E-state index < -0.39 is 5.41 Å². The summed E-state index contributed by atoms with van der Waals surface area (Å²) in [4.78, 5) is 12.5. The van der Waals surface area contributed by atoms with Crippen LogP contribution in [0, 0.1) is 5.92 Å². The van der Waals surface area contributed by atoms with Crippen LogP contribution in [0.4, 0.5) is 5.69 Å². The van der Waals surface area contributed by atoms with Crippen LogP contribution in [0.3, 0.4) is 0 Å².